The summed E-state index contributed by atoms with van der Waals surface area (Å²) in [5, 5.41) is 2.57. The van der Waals surface area contributed by atoms with E-state index in [9.17, 15) is 13.2 Å². The first-order valence-electron chi connectivity index (χ1n) is 5.88. The normalized spacial score (nSPS) is 14.8. The van der Waals surface area contributed by atoms with Crippen LogP contribution in [0.1, 0.15) is 0 Å². The Balaban J connectivity index is 2.13. The van der Waals surface area contributed by atoms with E-state index in [0.717, 1.165) is 4.31 Å². The number of carbonyl (C=O) groups excluding carboxylic acids is 1. The average Bonchev–Trinajstić information content (AvgIpc) is 2.85. The van der Waals surface area contributed by atoms with Gasteiger partial charge < -0.3 is 9.88 Å². The molecule has 0 bridgehead atoms. The molecular formula is C12H12N4O3S. The molecule has 1 aromatic heterocycles. The number of nitrogens with one attached hydrogen (secondary N) is 1. The minimum absolute atomic E-state index is 0.0792. The Labute approximate surface area is 115 Å². The van der Waals surface area contributed by atoms with Crippen molar-refractivity contribution >= 4 is 27.3 Å². The summed E-state index contributed by atoms with van der Waals surface area (Å²) >= 11 is 0. The number of imidazole rings is 1. The summed E-state index contributed by atoms with van der Waals surface area (Å²) in [4.78, 5) is 15.5. The third-order valence-electron chi connectivity index (χ3n) is 2.97. The highest BCUT2D eigenvalue weighted by molar-refractivity contribution is 7.92. The van der Waals surface area contributed by atoms with Crippen LogP contribution in [0.15, 0.2) is 41.8 Å². The van der Waals surface area contributed by atoms with E-state index in [1.807, 2.05) is 0 Å². The largest absolute Gasteiger partial charge is 0.339 e. The fourth-order valence-electron chi connectivity index (χ4n) is 2.05. The molecule has 1 amide bonds. The molecule has 0 aliphatic carbocycles. The number of carbonyl (C=O) groups is 1. The van der Waals surface area contributed by atoms with Gasteiger partial charge in [0.1, 0.15) is 6.54 Å². The number of para-hydroxylation sites is 2. The number of rotatable bonds is 2. The topological polar surface area (TPSA) is 84.3 Å². The van der Waals surface area contributed by atoms with Gasteiger partial charge in [-0.1, -0.05) is 12.1 Å². The van der Waals surface area contributed by atoms with Gasteiger partial charge in [0.05, 0.1) is 17.7 Å². The van der Waals surface area contributed by atoms with Crippen LogP contribution in [-0.4, -0.2) is 30.4 Å². The molecule has 7 nitrogen and oxygen atoms in total. The van der Waals surface area contributed by atoms with Crippen molar-refractivity contribution in [1.82, 2.24) is 9.55 Å². The summed E-state index contributed by atoms with van der Waals surface area (Å²) in [5.74, 6) is -0.372. The molecule has 0 spiro atoms. The molecular weight excluding hydrogens is 280 g/mol. The summed E-state index contributed by atoms with van der Waals surface area (Å²) in [6.45, 7) is -0.254. The molecule has 1 aliphatic rings. The minimum atomic E-state index is -3.85. The van der Waals surface area contributed by atoms with E-state index < -0.39 is 10.0 Å². The number of anilines is 2. The fraction of sp³-hybridized carbons (Fsp3) is 0.167. The second-order valence-electron chi connectivity index (χ2n) is 4.45. The van der Waals surface area contributed by atoms with Crippen molar-refractivity contribution in [2.24, 2.45) is 7.05 Å². The molecule has 1 aromatic carbocycles. The van der Waals surface area contributed by atoms with Crippen LogP contribution >= 0.6 is 0 Å². The lowest BCUT2D eigenvalue weighted by Gasteiger charge is -2.29. The molecule has 0 saturated carbocycles. The van der Waals surface area contributed by atoms with Crippen LogP contribution in [0.25, 0.3) is 0 Å². The van der Waals surface area contributed by atoms with Crippen molar-refractivity contribution in [2.75, 3.05) is 16.2 Å². The van der Waals surface area contributed by atoms with Gasteiger partial charge >= 0.3 is 0 Å². The van der Waals surface area contributed by atoms with Crippen LogP contribution < -0.4 is 9.62 Å². The monoisotopic (exact) mass is 292 g/mol. The average molecular weight is 292 g/mol. The lowest BCUT2D eigenvalue weighted by molar-refractivity contribution is -0.115. The van der Waals surface area contributed by atoms with Crippen molar-refractivity contribution in [3.05, 3.63) is 36.8 Å². The quantitative estimate of drug-likeness (QED) is 0.877. The van der Waals surface area contributed by atoms with Crippen molar-refractivity contribution in [2.45, 2.75) is 5.03 Å². The Morgan fingerprint density at radius 1 is 1.30 bits per heavy atom. The molecule has 0 fully saturated rings. The van der Waals surface area contributed by atoms with Gasteiger partial charge in [-0.3, -0.25) is 9.10 Å². The van der Waals surface area contributed by atoms with E-state index in [1.165, 1.54) is 12.5 Å². The molecule has 1 aliphatic heterocycles. The number of nitrogens with zero attached hydrogens (tertiary/aromatic N) is 3. The fourth-order valence-corrected chi connectivity index (χ4v) is 3.46. The predicted molar refractivity (Wildman–Crippen MR) is 72.8 cm³/mol. The third kappa shape index (κ3) is 1.94. The molecule has 0 saturated heterocycles. The van der Waals surface area contributed by atoms with Crippen LogP contribution in [0.4, 0.5) is 11.4 Å². The molecule has 3 rings (SSSR count). The van der Waals surface area contributed by atoms with Crippen molar-refractivity contribution in [3.63, 3.8) is 0 Å². The summed E-state index contributed by atoms with van der Waals surface area (Å²) in [6.07, 6.45) is 2.81. The number of fused-ring (bicyclic) bond motifs is 1. The van der Waals surface area contributed by atoms with Crippen LogP contribution in [0, 0.1) is 0 Å². The molecule has 0 radical (unpaired) electrons. The second kappa shape index (κ2) is 4.34. The first-order chi connectivity index (χ1) is 9.48. The van der Waals surface area contributed by atoms with Gasteiger partial charge in [-0.25, -0.2) is 4.98 Å². The molecule has 0 unspecified atom stereocenters. The highest BCUT2D eigenvalue weighted by Crippen LogP contribution is 2.32. The summed E-state index contributed by atoms with van der Waals surface area (Å²) in [6, 6.07) is 6.76. The lowest BCUT2D eigenvalue weighted by Crippen LogP contribution is -2.42. The standard InChI is InChI=1S/C12H12N4O3S/c1-15-7-12(13-8-15)20(18,19)16-6-11(17)14-9-4-2-3-5-10(9)16/h2-5,7-8H,6H2,1H3,(H,14,17). The number of sulfonamides is 1. The van der Waals surface area contributed by atoms with Crippen LogP contribution in [0.5, 0.6) is 0 Å². The zero-order valence-corrected chi connectivity index (χ0v) is 11.5. The first kappa shape index (κ1) is 12.7. The zero-order valence-electron chi connectivity index (χ0n) is 10.6. The van der Waals surface area contributed by atoms with E-state index in [1.54, 1.807) is 35.9 Å². The van der Waals surface area contributed by atoms with Crippen molar-refractivity contribution in [3.8, 4) is 0 Å². The summed E-state index contributed by atoms with van der Waals surface area (Å²) in [7, 11) is -2.16. The number of hydrogen-bond acceptors (Lipinski definition) is 4. The van der Waals surface area contributed by atoms with E-state index >= 15 is 0 Å². The number of aromatic nitrogens is 2. The zero-order chi connectivity index (χ0) is 14.3. The molecule has 2 heterocycles. The highest BCUT2D eigenvalue weighted by atomic mass is 32.2. The molecule has 104 valence electrons. The van der Waals surface area contributed by atoms with Gasteiger partial charge in [0, 0.05) is 13.2 Å². The number of hydrogen-bond donors (Lipinski definition) is 1. The SMILES string of the molecule is Cn1cnc(S(=O)(=O)N2CC(=O)Nc3ccccc32)c1. The first-order valence-corrected chi connectivity index (χ1v) is 7.32. The Kier molecular flexibility index (Phi) is 2.75. The van der Waals surface area contributed by atoms with E-state index in [0.29, 0.717) is 11.4 Å². The molecule has 20 heavy (non-hydrogen) atoms. The maximum atomic E-state index is 12.6. The van der Waals surface area contributed by atoms with Gasteiger partial charge in [0.25, 0.3) is 10.0 Å². The summed E-state index contributed by atoms with van der Waals surface area (Å²) in [5.41, 5.74) is 0.918. The molecule has 2 aromatic rings. The maximum Gasteiger partial charge on any atom is 0.283 e. The molecule has 8 heteroatoms. The molecule has 1 N–H and O–H groups in total. The van der Waals surface area contributed by atoms with E-state index in [4.69, 9.17) is 0 Å². The Hall–Kier alpha value is -2.35. The Morgan fingerprint density at radius 2 is 2.05 bits per heavy atom. The van der Waals surface area contributed by atoms with Crippen molar-refractivity contribution in [1.29, 1.82) is 0 Å². The Morgan fingerprint density at radius 3 is 2.75 bits per heavy atom. The van der Waals surface area contributed by atoms with Gasteiger partial charge in [-0.05, 0) is 12.1 Å². The van der Waals surface area contributed by atoms with Gasteiger partial charge in [0.15, 0.2) is 5.03 Å². The maximum absolute atomic E-state index is 12.6. The Bertz CT molecular complexity index is 782. The van der Waals surface area contributed by atoms with Gasteiger partial charge in [0.2, 0.25) is 5.91 Å². The third-order valence-corrected chi connectivity index (χ3v) is 4.62. The van der Waals surface area contributed by atoms with E-state index in [-0.39, 0.29) is 17.5 Å². The van der Waals surface area contributed by atoms with Crippen LogP contribution in [-0.2, 0) is 21.9 Å². The predicted octanol–water partition coefficient (Wildman–Crippen LogP) is 0.567. The smallest absolute Gasteiger partial charge is 0.283 e. The second-order valence-corrected chi connectivity index (χ2v) is 6.26. The molecule has 0 atom stereocenters. The van der Waals surface area contributed by atoms with Crippen LogP contribution in [0.3, 0.4) is 0 Å². The van der Waals surface area contributed by atoms with Gasteiger partial charge in [-0.2, -0.15) is 8.42 Å². The highest BCUT2D eigenvalue weighted by Gasteiger charge is 2.33. The summed E-state index contributed by atoms with van der Waals surface area (Å²) < 4.78 is 27.8. The van der Waals surface area contributed by atoms with Crippen molar-refractivity contribution < 1.29 is 13.2 Å². The lowest BCUT2D eigenvalue weighted by atomic mass is 10.2. The van der Waals surface area contributed by atoms with Gasteiger partial charge in [-0.15, -0.1) is 0 Å². The van der Waals surface area contributed by atoms with Crippen LogP contribution in [0.2, 0.25) is 0 Å². The number of aryl methyl sites for hydroxylation is 1. The number of amides is 1. The van der Waals surface area contributed by atoms with E-state index in [2.05, 4.69) is 10.3 Å². The number of benzene rings is 1. The minimum Gasteiger partial charge on any atom is -0.339 e.